The highest BCUT2D eigenvalue weighted by atomic mass is 127. The Morgan fingerprint density at radius 1 is 1.37 bits per heavy atom. The number of carbonyl (C=O) groups is 1. The molecule has 3 aliphatic rings. The summed E-state index contributed by atoms with van der Waals surface area (Å²) in [6, 6.07) is -0.0307. The lowest BCUT2D eigenvalue weighted by Gasteiger charge is -2.27. The van der Waals surface area contributed by atoms with E-state index >= 15 is 0 Å². The van der Waals surface area contributed by atoms with Crippen molar-refractivity contribution >= 4 is 45.5 Å². The fourth-order valence-electron chi connectivity index (χ4n) is 4.74. The predicted molar refractivity (Wildman–Crippen MR) is 105 cm³/mol. The number of hydrogen-bond acceptors (Lipinski definition) is 7. The van der Waals surface area contributed by atoms with Gasteiger partial charge < -0.3 is 25.4 Å². The first kappa shape index (κ1) is 17.6. The van der Waals surface area contributed by atoms with E-state index in [1.807, 2.05) is 0 Å². The summed E-state index contributed by atoms with van der Waals surface area (Å²) in [6.45, 7) is 0. The molecule has 2 aromatic rings. The van der Waals surface area contributed by atoms with Crippen molar-refractivity contribution in [3.8, 4) is 0 Å². The van der Waals surface area contributed by atoms with E-state index in [0.717, 1.165) is 12.8 Å². The maximum absolute atomic E-state index is 12.3. The van der Waals surface area contributed by atoms with Crippen molar-refractivity contribution in [2.75, 3.05) is 12.4 Å². The Morgan fingerprint density at radius 2 is 2.15 bits per heavy atom. The topological polar surface area (TPSA) is 125 Å². The van der Waals surface area contributed by atoms with Crippen LogP contribution in [0.25, 0.3) is 11.2 Å². The molecule has 3 saturated carbocycles. The van der Waals surface area contributed by atoms with Crippen LogP contribution in [-0.4, -0.2) is 60.9 Å². The highest BCUT2D eigenvalue weighted by Gasteiger charge is 2.75. The van der Waals surface area contributed by atoms with Gasteiger partial charge in [-0.25, -0.2) is 15.0 Å². The number of amides is 1. The summed E-state index contributed by atoms with van der Waals surface area (Å²) in [5, 5.41) is 27.3. The average molecular weight is 484 g/mol. The van der Waals surface area contributed by atoms with Gasteiger partial charge in [-0.1, -0.05) is 0 Å². The Labute approximate surface area is 169 Å². The van der Waals surface area contributed by atoms with E-state index in [1.165, 1.54) is 6.42 Å². The molecule has 0 saturated heterocycles. The van der Waals surface area contributed by atoms with Crippen LogP contribution in [0, 0.1) is 15.2 Å². The van der Waals surface area contributed by atoms with Crippen LogP contribution in [0.4, 0.5) is 5.82 Å². The molecule has 27 heavy (non-hydrogen) atoms. The first-order chi connectivity index (χ1) is 13.0. The van der Waals surface area contributed by atoms with Gasteiger partial charge in [0.25, 0.3) is 0 Å². The average Bonchev–Trinajstić information content (AvgIpc) is 3.15. The molecule has 0 aromatic carbocycles. The number of fused-ring (bicyclic) bond motifs is 2. The van der Waals surface area contributed by atoms with E-state index in [0.29, 0.717) is 33.3 Å². The SMILES string of the molecule is CNC(=O)C12CC1[C@@H](n1cnc3c(NC4CCC4)nc(I)nc31)[C@H](O)[C@@H]2O. The zero-order valence-corrected chi connectivity index (χ0v) is 16.9. The number of nitrogens with zero attached hydrogens (tertiary/aromatic N) is 4. The number of carbonyl (C=O) groups excluding carboxylic acids is 1. The Kier molecular flexibility index (Phi) is 3.89. The van der Waals surface area contributed by atoms with Crippen LogP contribution in [-0.2, 0) is 4.79 Å². The minimum absolute atomic E-state index is 0.143. The maximum Gasteiger partial charge on any atom is 0.229 e. The van der Waals surface area contributed by atoms with Gasteiger partial charge in [-0.2, -0.15) is 0 Å². The molecule has 9 nitrogen and oxygen atoms in total. The van der Waals surface area contributed by atoms with Crippen molar-refractivity contribution in [3.05, 3.63) is 10.2 Å². The first-order valence-electron chi connectivity index (χ1n) is 9.22. The zero-order valence-electron chi connectivity index (χ0n) is 14.8. The van der Waals surface area contributed by atoms with Crippen LogP contribution >= 0.6 is 22.6 Å². The Balaban J connectivity index is 1.55. The fourth-order valence-corrected chi connectivity index (χ4v) is 5.21. The van der Waals surface area contributed by atoms with Crippen LogP contribution in [0.15, 0.2) is 6.33 Å². The summed E-state index contributed by atoms with van der Waals surface area (Å²) in [6.07, 6.45) is 3.49. The summed E-state index contributed by atoms with van der Waals surface area (Å²) in [4.78, 5) is 25.9. The fraction of sp³-hybridized carbons (Fsp3) is 0.647. The lowest BCUT2D eigenvalue weighted by molar-refractivity contribution is -0.132. The molecular formula is C17H21IN6O3. The van der Waals surface area contributed by atoms with Crippen LogP contribution in [0.3, 0.4) is 0 Å². The van der Waals surface area contributed by atoms with Gasteiger partial charge in [0.1, 0.15) is 6.10 Å². The predicted octanol–water partition coefficient (Wildman–Crippen LogP) is 0.424. The van der Waals surface area contributed by atoms with Gasteiger partial charge in [-0.15, -0.1) is 0 Å². The van der Waals surface area contributed by atoms with Gasteiger partial charge in [-0.05, 0) is 25.7 Å². The zero-order chi connectivity index (χ0) is 18.9. The number of rotatable bonds is 4. The van der Waals surface area contributed by atoms with E-state index in [4.69, 9.17) is 0 Å². The minimum atomic E-state index is -1.10. The van der Waals surface area contributed by atoms with Gasteiger partial charge in [0.2, 0.25) is 5.91 Å². The second kappa shape index (κ2) is 5.98. The molecular weight excluding hydrogens is 463 g/mol. The van der Waals surface area contributed by atoms with Crippen molar-refractivity contribution in [3.63, 3.8) is 0 Å². The van der Waals surface area contributed by atoms with Gasteiger partial charge >= 0.3 is 0 Å². The number of aromatic nitrogens is 4. The molecule has 0 aliphatic heterocycles. The van der Waals surface area contributed by atoms with Crippen LogP contribution in [0.1, 0.15) is 31.7 Å². The third-order valence-electron chi connectivity index (χ3n) is 6.48. The normalized spacial score (nSPS) is 35.0. The standard InChI is InChI=1S/C17H21IN6O3/c1-19-15(27)17-5-8(17)10(11(25)12(17)26)24-6-20-9-13(21-7-3-2-4-7)22-16(18)23-14(9)24/h6-8,10-12,25-26H,2-5H2,1H3,(H,19,27)(H,21,22,23)/t8?,10-,11+,12+,17?/m1/s1. The molecule has 3 aliphatic carbocycles. The molecule has 5 rings (SSSR count). The number of aliphatic hydroxyl groups excluding tert-OH is 2. The molecule has 5 atom stereocenters. The Bertz CT molecular complexity index is 931. The van der Waals surface area contributed by atoms with Crippen LogP contribution < -0.4 is 10.6 Å². The minimum Gasteiger partial charge on any atom is -0.389 e. The second-order valence-corrected chi connectivity index (χ2v) is 8.76. The van der Waals surface area contributed by atoms with Crippen LogP contribution in [0.5, 0.6) is 0 Å². The molecule has 2 unspecified atom stereocenters. The van der Waals surface area contributed by atoms with Gasteiger partial charge in [0.15, 0.2) is 20.8 Å². The number of aliphatic hydroxyl groups is 2. The summed E-state index contributed by atoms with van der Waals surface area (Å²) >= 11 is 2.07. The van der Waals surface area contributed by atoms with Gasteiger partial charge in [0, 0.05) is 41.6 Å². The molecule has 0 spiro atoms. The second-order valence-electron chi connectivity index (χ2n) is 7.79. The largest absolute Gasteiger partial charge is 0.389 e. The van der Waals surface area contributed by atoms with Crippen LogP contribution in [0.2, 0.25) is 0 Å². The molecule has 0 bridgehead atoms. The van der Waals surface area contributed by atoms with E-state index in [1.54, 1.807) is 17.9 Å². The van der Waals surface area contributed by atoms with Crippen molar-refractivity contribution < 1.29 is 15.0 Å². The third-order valence-corrected chi connectivity index (χ3v) is 6.97. The number of hydrogen-bond donors (Lipinski definition) is 4. The Morgan fingerprint density at radius 3 is 2.81 bits per heavy atom. The molecule has 3 fully saturated rings. The molecule has 2 heterocycles. The first-order valence-corrected chi connectivity index (χ1v) is 10.3. The lowest BCUT2D eigenvalue weighted by Crippen LogP contribution is -2.41. The van der Waals surface area contributed by atoms with E-state index < -0.39 is 23.7 Å². The van der Waals surface area contributed by atoms with E-state index in [-0.39, 0.29) is 11.8 Å². The highest BCUT2D eigenvalue weighted by Crippen LogP contribution is 2.67. The quantitative estimate of drug-likeness (QED) is 0.366. The molecule has 0 radical (unpaired) electrons. The lowest BCUT2D eigenvalue weighted by atomic mass is 9.93. The van der Waals surface area contributed by atoms with Crippen molar-refractivity contribution in [2.24, 2.45) is 11.3 Å². The molecule has 1 amide bonds. The number of halogens is 1. The van der Waals surface area contributed by atoms with E-state index in [9.17, 15) is 15.0 Å². The number of nitrogens with one attached hydrogen (secondary N) is 2. The van der Waals surface area contributed by atoms with Crippen molar-refractivity contribution in [2.45, 2.75) is 50.0 Å². The molecule has 2 aromatic heterocycles. The summed E-state index contributed by atoms with van der Waals surface area (Å²) in [5.74, 6) is 0.340. The van der Waals surface area contributed by atoms with Gasteiger partial charge in [-0.3, -0.25) is 4.79 Å². The smallest absolute Gasteiger partial charge is 0.229 e. The summed E-state index contributed by atoms with van der Waals surface area (Å²) in [7, 11) is 1.56. The monoisotopic (exact) mass is 484 g/mol. The number of anilines is 1. The third kappa shape index (κ3) is 2.35. The summed E-state index contributed by atoms with van der Waals surface area (Å²) < 4.78 is 2.39. The highest BCUT2D eigenvalue weighted by molar-refractivity contribution is 14.1. The van der Waals surface area contributed by atoms with Crippen molar-refractivity contribution in [1.82, 2.24) is 24.8 Å². The molecule has 144 valence electrons. The van der Waals surface area contributed by atoms with Crippen molar-refractivity contribution in [1.29, 1.82) is 0 Å². The number of imidazole rings is 1. The molecule has 4 N–H and O–H groups in total. The maximum atomic E-state index is 12.3. The van der Waals surface area contributed by atoms with Gasteiger partial charge in [0.05, 0.1) is 23.9 Å². The molecule has 10 heteroatoms. The Hall–Kier alpha value is -1.53. The summed E-state index contributed by atoms with van der Waals surface area (Å²) in [5.41, 5.74) is 0.358. The van der Waals surface area contributed by atoms with E-state index in [2.05, 4.69) is 48.2 Å².